The van der Waals surface area contributed by atoms with Crippen molar-refractivity contribution in [2.75, 3.05) is 0 Å². The third-order valence-electron chi connectivity index (χ3n) is 1.57. The Morgan fingerprint density at radius 3 is 2.53 bits per heavy atom. The van der Waals surface area contributed by atoms with Crippen LogP contribution in [0.5, 0.6) is 5.75 Å². The number of nitriles is 1. The van der Waals surface area contributed by atoms with Gasteiger partial charge in [-0.05, 0) is 23.8 Å². The Kier molecular flexibility index (Phi) is 3.58. The van der Waals surface area contributed by atoms with E-state index in [0.29, 0.717) is 16.5 Å². The van der Waals surface area contributed by atoms with Crippen molar-refractivity contribution in [2.24, 2.45) is 0 Å². The molecule has 80 valence electrons. The molecule has 0 bridgehead atoms. The van der Waals surface area contributed by atoms with Crippen LogP contribution in [0.4, 0.5) is 13.2 Å². The Balaban J connectivity index is 3.00. The summed E-state index contributed by atoms with van der Waals surface area (Å²) in [7, 11) is 0. The molecular weight excluding hydrogens is 275 g/mol. The molecule has 0 unspecified atom stereocenters. The Morgan fingerprint density at radius 2 is 2.07 bits per heavy atom. The lowest BCUT2D eigenvalue weighted by atomic mass is 10.1. The quantitative estimate of drug-likeness (QED) is 0.778. The molecule has 0 fully saturated rings. The monoisotopic (exact) mass is 279 g/mol. The average molecular weight is 280 g/mol. The maximum atomic E-state index is 11.9. The minimum absolute atomic E-state index is 0.297. The Bertz CT molecular complexity index is 397. The SMILES string of the molecule is N#Cc1ccc(OC(F)(F)F)cc1CBr. The van der Waals surface area contributed by atoms with Gasteiger partial charge in [0.2, 0.25) is 0 Å². The van der Waals surface area contributed by atoms with E-state index in [1.165, 1.54) is 12.1 Å². The summed E-state index contributed by atoms with van der Waals surface area (Å²) in [6.07, 6.45) is -4.71. The first-order chi connectivity index (χ1) is 6.96. The molecule has 0 aliphatic rings. The van der Waals surface area contributed by atoms with Gasteiger partial charge in [-0.15, -0.1) is 13.2 Å². The smallest absolute Gasteiger partial charge is 0.406 e. The van der Waals surface area contributed by atoms with Crippen LogP contribution in [-0.2, 0) is 5.33 Å². The van der Waals surface area contributed by atoms with Crippen LogP contribution in [0.2, 0.25) is 0 Å². The fraction of sp³-hybridized carbons (Fsp3) is 0.222. The normalized spacial score (nSPS) is 10.9. The molecule has 0 N–H and O–H groups in total. The van der Waals surface area contributed by atoms with E-state index in [-0.39, 0.29) is 5.75 Å². The van der Waals surface area contributed by atoms with Gasteiger partial charge in [-0.3, -0.25) is 0 Å². The van der Waals surface area contributed by atoms with Crippen LogP contribution in [0.15, 0.2) is 18.2 Å². The predicted molar refractivity (Wildman–Crippen MR) is 50.5 cm³/mol. The zero-order valence-electron chi connectivity index (χ0n) is 7.31. The van der Waals surface area contributed by atoms with E-state index in [9.17, 15) is 13.2 Å². The molecule has 1 rings (SSSR count). The van der Waals surface area contributed by atoms with Crippen molar-refractivity contribution in [2.45, 2.75) is 11.7 Å². The first kappa shape index (κ1) is 11.9. The Hall–Kier alpha value is -1.22. The van der Waals surface area contributed by atoms with E-state index in [4.69, 9.17) is 5.26 Å². The van der Waals surface area contributed by atoms with Crippen molar-refractivity contribution in [1.82, 2.24) is 0 Å². The maximum Gasteiger partial charge on any atom is 0.573 e. The molecule has 0 aliphatic heterocycles. The molecule has 1 aromatic rings. The molecular formula is C9H5BrF3NO. The fourth-order valence-electron chi connectivity index (χ4n) is 0.987. The van der Waals surface area contributed by atoms with E-state index in [0.717, 1.165) is 6.07 Å². The Morgan fingerprint density at radius 1 is 1.40 bits per heavy atom. The minimum Gasteiger partial charge on any atom is -0.406 e. The van der Waals surface area contributed by atoms with Gasteiger partial charge in [0.1, 0.15) is 5.75 Å². The summed E-state index contributed by atoms with van der Waals surface area (Å²) in [5.41, 5.74) is 0.778. The van der Waals surface area contributed by atoms with Gasteiger partial charge < -0.3 is 4.74 Å². The van der Waals surface area contributed by atoms with Crippen LogP contribution in [0.25, 0.3) is 0 Å². The zero-order chi connectivity index (χ0) is 11.5. The molecule has 0 saturated heterocycles. The lowest BCUT2D eigenvalue weighted by molar-refractivity contribution is -0.274. The Labute approximate surface area is 92.4 Å². The highest BCUT2D eigenvalue weighted by molar-refractivity contribution is 9.08. The van der Waals surface area contributed by atoms with Gasteiger partial charge in [0, 0.05) is 5.33 Å². The van der Waals surface area contributed by atoms with Crippen molar-refractivity contribution in [3.63, 3.8) is 0 Å². The highest BCUT2D eigenvalue weighted by Crippen LogP contribution is 2.25. The van der Waals surface area contributed by atoms with Gasteiger partial charge in [0.05, 0.1) is 11.6 Å². The second-order valence-electron chi connectivity index (χ2n) is 2.61. The largest absolute Gasteiger partial charge is 0.573 e. The molecule has 2 nitrogen and oxygen atoms in total. The lowest BCUT2D eigenvalue weighted by Gasteiger charge is -2.09. The molecule has 1 aromatic carbocycles. The average Bonchev–Trinajstić information content (AvgIpc) is 2.15. The second kappa shape index (κ2) is 4.53. The van der Waals surface area contributed by atoms with Crippen molar-refractivity contribution in [3.05, 3.63) is 29.3 Å². The summed E-state index contributed by atoms with van der Waals surface area (Å²) < 4.78 is 39.3. The molecule has 0 aliphatic carbocycles. The molecule has 15 heavy (non-hydrogen) atoms. The van der Waals surface area contributed by atoms with Crippen LogP contribution in [0, 0.1) is 11.3 Å². The molecule has 0 spiro atoms. The van der Waals surface area contributed by atoms with E-state index < -0.39 is 6.36 Å². The minimum atomic E-state index is -4.71. The predicted octanol–water partition coefficient (Wildman–Crippen LogP) is 3.35. The number of benzene rings is 1. The number of alkyl halides is 4. The molecule has 0 heterocycles. The van der Waals surface area contributed by atoms with E-state index in [2.05, 4.69) is 20.7 Å². The highest BCUT2D eigenvalue weighted by Gasteiger charge is 2.31. The van der Waals surface area contributed by atoms with E-state index >= 15 is 0 Å². The van der Waals surface area contributed by atoms with Crippen molar-refractivity contribution in [1.29, 1.82) is 5.26 Å². The standard InChI is InChI=1S/C9H5BrF3NO/c10-4-7-3-8(15-9(11,12)13)2-1-6(7)5-14/h1-3H,4H2. The van der Waals surface area contributed by atoms with Crippen LogP contribution < -0.4 is 4.74 Å². The molecule has 0 saturated carbocycles. The number of rotatable bonds is 2. The summed E-state index contributed by atoms with van der Waals surface area (Å²) >= 11 is 3.08. The number of ether oxygens (including phenoxy) is 1. The van der Waals surface area contributed by atoms with Crippen LogP contribution in [-0.4, -0.2) is 6.36 Å². The third-order valence-corrected chi connectivity index (χ3v) is 2.18. The summed E-state index contributed by atoms with van der Waals surface area (Å²) in [5.74, 6) is -0.323. The molecule has 0 amide bonds. The second-order valence-corrected chi connectivity index (χ2v) is 3.17. The molecule has 0 radical (unpaired) electrons. The van der Waals surface area contributed by atoms with Gasteiger partial charge >= 0.3 is 6.36 Å². The van der Waals surface area contributed by atoms with Crippen molar-refractivity contribution >= 4 is 15.9 Å². The van der Waals surface area contributed by atoms with Gasteiger partial charge in [-0.1, -0.05) is 15.9 Å². The van der Waals surface area contributed by atoms with Gasteiger partial charge in [0.25, 0.3) is 0 Å². The molecule has 6 heteroatoms. The maximum absolute atomic E-state index is 11.9. The summed E-state index contributed by atoms with van der Waals surface area (Å²) in [6, 6.07) is 5.45. The summed E-state index contributed by atoms with van der Waals surface area (Å²) in [4.78, 5) is 0. The zero-order valence-corrected chi connectivity index (χ0v) is 8.89. The first-order valence-electron chi connectivity index (χ1n) is 3.81. The van der Waals surface area contributed by atoms with Crippen LogP contribution >= 0.6 is 15.9 Å². The van der Waals surface area contributed by atoms with Gasteiger partial charge in [-0.25, -0.2) is 0 Å². The molecule has 0 aromatic heterocycles. The molecule has 0 atom stereocenters. The number of nitrogens with zero attached hydrogens (tertiary/aromatic N) is 1. The van der Waals surface area contributed by atoms with Gasteiger partial charge in [-0.2, -0.15) is 5.26 Å². The number of halogens is 4. The first-order valence-corrected chi connectivity index (χ1v) is 4.93. The topological polar surface area (TPSA) is 33.0 Å². The highest BCUT2D eigenvalue weighted by atomic mass is 79.9. The van der Waals surface area contributed by atoms with Crippen LogP contribution in [0.1, 0.15) is 11.1 Å². The fourth-order valence-corrected chi connectivity index (χ4v) is 1.45. The van der Waals surface area contributed by atoms with E-state index in [1.54, 1.807) is 0 Å². The van der Waals surface area contributed by atoms with Gasteiger partial charge in [0.15, 0.2) is 0 Å². The number of hydrogen-bond acceptors (Lipinski definition) is 2. The van der Waals surface area contributed by atoms with Crippen molar-refractivity contribution in [3.8, 4) is 11.8 Å². The summed E-state index contributed by atoms with van der Waals surface area (Å²) in [6.45, 7) is 0. The van der Waals surface area contributed by atoms with Crippen molar-refractivity contribution < 1.29 is 17.9 Å². The lowest BCUT2D eigenvalue weighted by Crippen LogP contribution is -2.17. The van der Waals surface area contributed by atoms with Crippen LogP contribution in [0.3, 0.4) is 0 Å². The summed E-state index contributed by atoms with van der Waals surface area (Å²) in [5, 5.41) is 8.94. The van der Waals surface area contributed by atoms with E-state index in [1.807, 2.05) is 6.07 Å². The third kappa shape index (κ3) is 3.44. The number of hydrogen-bond donors (Lipinski definition) is 0.